The van der Waals surface area contributed by atoms with Crippen LogP contribution in [-0.2, 0) is 4.79 Å². The average Bonchev–Trinajstić information content (AvgIpc) is 2.66. The lowest BCUT2D eigenvalue weighted by atomic mass is 10.1. The molecule has 1 fully saturated rings. The molecule has 2 N–H and O–H groups in total. The van der Waals surface area contributed by atoms with Gasteiger partial charge in [0.1, 0.15) is 11.5 Å². The molecule has 0 radical (unpaired) electrons. The Balaban J connectivity index is 2.01. The third kappa shape index (κ3) is 4.42. The smallest absolute Gasteiger partial charge is 0.257 e. The molecular weight excluding hydrogens is 322 g/mol. The van der Waals surface area contributed by atoms with Gasteiger partial charge in [-0.25, -0.2) is 0 Å². The average molecular weight is 349 g/mol. The molecule has 2 amide bonds. The first-order valence-electron chi connectivity index (χ1n) is 8.57. The van der Waals surface area contributed by atoms with Crippen LogP contribution in [0.1, 0.15) is 30.1 Å². The van der Waals surface area contributed by atoms with E-state index >= 15 is 0 Å². The SMILES string of the molecule is CCCC(N)C(=O)N1CCN(C(=O)c2ccc(OC)cc2OC)CC1. The van der Waals surface area contributed by atoms with Crippen molar-refractivity contribution in [2.45, 2.75) is 25.8 Å². The van der Waals surface area contributed by atoms with Crippen molar-refractivity contribution < 1.29 is 19.1 Å². The van der Waals surface area contributed by atoms with Crippen LogP contribution < -0.4 is 15.2 Å². The number of piperazine rings is 1. The van der Waals surface area contributed by atoms with Gasteiger partial charge in [-0.05, 0) is 18.6 Å². The van der Waals surface area contributed by atoms with Gasteiger partial charge in [-0.3, -0.25) is 9.59 Å². The molecule has 7 nitrogen and oxygen atoms in total. The molecule has 138 valence electrons. The summed E-state index contributed by atoms with van der Waals surface area (Å²) in [6.45, 7) is 3.98. The molecule has 1 unspecified atom stereocenters. The quantitative estimate of drug-likeness (QED) is 0.832. The van der Waals surface area contributed by atoms with Gasteiger partial charge in [-0.2, -0.15) is 0 Å². The van der Waals surface area contributed by atoms with E-state index in [1.54, 1.807) is 35.1 Å². The summed E-state index contributed by atoms with van der Waals surface area (Å²) in [6.07, 6.45) is 1.56. The van der Waals surface area contributed by atoms with Gasteiger partial charge in [0.2, 0.25) is 5.91 Å². The second-order valence-electron chi connectivity index (χ2n) is 6.08. The van der Waals surface area contributed by atoms with E-state index in [-0.39, 0.29) is 11.8 Å². The van der Waals surface area contributed by atoms with Crippen molar-refractivity contribution in [3.8, 4) is 11.5 Å². The van der Waals surface area contributed by atoms with E-state index in [4.69, 9.17) is 15.2 Å². The van der Waals surface area contributed by atoms with Crippen LogP contribution in [0.2, 0.25) is 0 Å². The minimum Gasteiger partial charge on any atom is -0.497 e. The maximum atomic E-state index is 12.8. The van der Waals surface area contributed by atoms with Crippen molar-refractivity contribution in [2.24, 2.45) is 5.73 Å². The summed E-state index contributed by atoms with van der Waals surface area (Å²) in [5.41, 5.74) is 6.40. The summed E-state index contributed by atoms with van der Waals surface area (Å²) < 4.78 is 10.5. The Morgan fingerprint density at radius 1 is 1.12 bits per heavy atom. The van der Waals surface area contributed by atoms with Crippen molar-refractivity contribution >= 4 is 11.8 Å². The zero-order chi connectivity index (χ0) is 18.4. The van der Waals surface area contributed by atoms with Gasteiger partial charge in [0.25, 0.3) is 5.91 Å². The van der Waals surface area contributed by atoms with E-state index in [0.717, 1.165) is 6.42 Å². The van der Waals surface area contributed by atoms with Crippen LogP contribution >= 0.6 is 0 Å². The zero-order valence-corrected chi connectivity index (χ0v) is 15.2. The first kappa shape index (κ1) is 19.1. The van der Waals surface area contributed by atoms with Crippen molar-refractivity contribution in [3.05, 3.63) is 23.8 Å². The second-order valence-corrected chi connectivity index (χ2v) is 6.08. The highest BCUT2D eigenvalue weighted by Crippen LogP contribution is 2.26. The predicted molar refractivity (Wildman–Crippen MR) is 94.9 cm³/mol. The lowest BCUT2D eigenvalue weighted by Crippen LogP contribution is -2.54. The van der Waals surface area contributed by atoms with Gasteiger partial charge in [-0.15, -0.1) is 0 Å². The van der Waals surface area contributed by atoms with Crippen LogP contribution in [0.3, 0.4) is 0 Å². The fourth-order valence-corrected chi connectivity index (χ4v) is 2.94. The monoisotopic (exact) mass is 349 g/mol. The minimum absolute atomic E-state index is 0.0315. The number of carbonyl (C=O) groups is 2. The number of benzene rings is 1. The third-order valence-corrected chi connectivity index (χ3v) is 4.43. The Bertz CT molecular complexity index is 612. The van der Waals surface area contributed by atoms with Crippen LogP contribution in [0.25, 0.3) is 0 Å². The van der Waals surface area contributed by atoms with Crippen molar-refractivity contribution in [3.63, 3.8) is 0 Å². The highest BCUT2D eigenvalue weighted by Gasteiger charge is 2.28. The fraction of sp³-hybridized carbons (Fsp3) is 0.556. The molecule has 0 aliphatic carbocycles. The Kier molecular flexibility index (Phi) is 6.64. The summed E-state index contributed by atoms with van der Waals surface area (Å²) in [5, 5.41) is 0. The molecule has 1 aromatic rings. The highest BCUT2D eigenvalue weighted by molar-refractivity contribution is 5.97. The summed E-state index contributed by atoms with van der Waals surface area (Å²) in [6, 6.07) is 4.68. The number of carbonyl (C=O) groups excluding carboxylic acids is 2. The van der Waals surface area contributed by atoms with Crippen molar-refractivity contribution in [1.29, 1.82) is 0 Å². The Morgan fingerprint density at radius 3 is 2.32 bits per heavy atom. The number of rotatable bonds is 6. The van der Waals surface area contributed by atoms with E-state index in [2.05, 4.69) is 0 Å². The number of hydrogen-bond donors (Lipinski definition) is 1. The number of nitrogens with two attached hydrogens (primary N) is 1. The molecule has 0 bridgehead atoms. The fourth-order valence-electron chi connectivity index (χ4n) is 2.94. The summed E-state index contributed by atoms with van der Waals surface area (Å²) >= 11 is 0. The van der Waals surface area contributed by atoms with Crippen molar-refractivity contribution in [1.82, 2.24) is 9.80 Å². The highest BCUT2D eigenvalue weighted by atomic mass is 16.5. The van der Waals surface area contributed by atoms with Gasteiger partial charge in [0.05, 0.1) is 25.8 Å². The van der Waals surface area contributed by atoms with Crippen LogP contribution in [0.5, 0.6) is 11.5 Å². The lowest BCUT2D eigenvalue weighted by Gasteiger charge is -2.36. The Morgan fingerprint density at radius 2 is 1.76 bits per heavy atom. The molecule has 1 aromatic carbocycles. The van der Waals surface area contributed by atoms with E-state index in [1.165, 1.54) is 7.11 Å². The van der Waals surface area contributed by atoms with E-state index in [1.807, 2.05) is 6.92 Å². The number of methoxy groups -OCH3 is 2. The van der Waals surface area contributed by atoms with Crippen LogP contribution in [-0.4, -0.2) is 68.1 Å². The molecule has 1 aliphatic heterocycles. The van der Waals surface area contributed by atoms with Crippen LogP contribution in [0, 0.1) is 0 Å². The number of nitrogens with zero attached hydrogens (tertiary/aromatic N) is 2. The van der Waals surface area contributed by atoms with Gasteiger partial charge in [0, 0.05) is 32.2 Å². The van der Waals surface area contributed by atoms with Crippen molar-refractivity contribution in [2.75, 3.05) is 40.4 Å². The topological polar surface area (TPSA) is 85.1 Å². The molecule has 7 heteroatoms. The van der Waals surface area contributed by atoms with E-state index in [0.29, 0.717) is 49.7 Å². The van der Waals surface area contributed by atoms with E-state index in [9.17, 15) is 9.59 Å². The normalized spacial score (nSPS) is 15.7. The molecule has 25 heavy (non-hydrogen) atoms. The molecule has 1 aliphatic rings. The standard InChI is InChI=1S/C18H27N3O4/c1-4-5-15(19)18(23)21-10-8-20(9-11-21)17(22)14-7-6-13(24-2)12-16(14)25-3/h6-7,12,15H,4-5,8-11,19H2,1-3H3. The molecule has 2 rings (SSSR count). The Labute approximate surface area is 148 Å². The summed E-state index contributed by atoms with van der Waals surface area (Å²) in [5.74, 6) is 0.974. The van der Waals surface area contributed by atoms with Gasteiger partial charge in [0.15, 0.2) is 0 Å². The summed E-state index contributed by atoms with van der Waals surface area (Å²) in [7, 11) is 3.09. The minimum atomic E-state index is -0.450. The van der Waals surface area contributed by atoms with Crippen LogP contribution in [0.15, 0.2) is 18.2 Å². The molecule has 0 saturated carbocycles. The van der Waals surface area contributed by atoms with Gasteiger partial charge < -0.3 is 25.0 Å². The molecule has 1 atom stereocenters. The first-order chi connectivity index (χ1) is 12.0. The molecule has 0 aromatic heterocycles. The first-order valence-corrected chi connectivity index (χ1v) is 8.57. The second kappa shape index (κ2) is 8.71. The number of amides is 2. The molecule has 1 heterocycles. The zero-order valence-electron chi connectivity index (χ0n) is 15.2. The van der Waals surface area contributed by atoms with E-state index < -0.39 is 6.04 Å². The maximum Gasteiger partial charge on any atom is 0.257 e. The lowest BCUT2D eigenvalue weighted by molar-refractivity contribution is -0.134. The largest absolute Gasteiger partial charge is 0.497 e. The summed E-state index contributed by atoms with van der Waals surface area (Å²) in [4.78, 5) is 28.5. The molecule has 0 spiro atoms. The Hall–Kier alpha value is -2.28. The maximum absolute atomic E-state index is 12.8. The molecule has 1 saturated heterocycles. The van der Waals surface area contributed by atoms with Crippen LogP contribution in [0.4, 0.5) is 0 Å². The number of hydrogen-bond acceptors (Lipinski definition) is 5. The third-order valence-electron chi connectivity index (χ3n) is 4.43. The number of ether oxygens (including phenoxy) is 2. The predicted octanol–water partition coefficient (Wildman–Crippen LogP) is 1.12. The van der Waals surface area contributed by atoms with Gasteiger partial charge in [-0.1, -0.05) is 13.3 Å². The molecular formula is C18H27N3O4. The van der Waals surface area contributed by atoms with Gasteiger partial charge >= 0.3 is 0 Å².